The van der Waals surface area contributed by atoms with Crippen LogP contribution in [0.15, 0.2) is 24.3 Å². The van der Waals surface area contributed by atoms with E-state index in [9.17, 15) is 4.79 Å². The molecule has 0 spiro atoms. The molecule has 18 heavy (non-hydrogen) atoms. The van der Waals surface area contributed by atoms with Crippen molar-refractivity contribution < 1.29 is 14.6 Å². The van der Waals surface area contributed by atoms with Gasteiger partial charge in [-0.05, 0) is 38.1 Å². The molecule has 0 unspecified atom stereocenters. The fourth-order valence-electron chi connectivity index (χ4n) is 1.79. The zero-order chi connectivity index (χ0) is 13.2. The Labute approximate surface area is 106 Å². The largest absolute Gasteiger partial charge is 0.483 e. The molecule has 1 amide bonds. The van der Waals surface area contributed by atoms with Crippen LogP contribution in [0.2, 0.25) is 0 Å². The van der Waals surface area contributed by atoms with Crippen LogP contribution >= 0.6 is 0 Å². The highest BCUT2D eigenvalue weighted by molar-refractivity contribution is 5.95. The molecule has 4 heteroatoms. The number of aliphatic hydroxyl groups is 1. The van der Waals surface area contributed by atoms with Gasteiger partial charge in [-0.3, -0.25) is 4.79 Å². The first kappa shape index (κ1) is 12.6. The number of hydrogen-bond donors (Lipinski definition) is 2. The third kappa shape index (κ3) is 2.71. The van der Waals surface area contributed by atoms with Crippen molar-refractivity contribution in [2.75, 3.05) is 13.2 Å². The maximum Gasteiger partial charge on any atom is 0.251 e. The lowest BCUT2D eigenvalue weighted by Crippen LogP contribution is -2.28. The quantitative estimate of drug-likeness (QED) is 0.852. The van der Waals surface area contributed by atoms with Crippen molar-refractivity contribution in [2.45, 2.75) is 19.4 Å². The van der Waals surface area contributed by atoms with Crippen LogP contribution in [0.3, 0.4) is 0 Å². The Kier molecular flexibility index (Phi) is 3.39. The van der Waals surface area contributed by atoms with Crippen LogP contribution in [0.25, 0.3) is 6.08 Å². The highest BCUT2D eigenvalue weighted by Crippen LogP contribution is 2.31. The van der Waals surface area contributed by atoms with Gasteiger partial charge in [-0.2, -0.15) is 0 Å². The van der Waals surface area contributed by atoms with Crippen LogP contribution < -0.4 is 10.1 Å². The normalized spacial score (nSPS) is 15.7. The Morgan fingerprint density at radius 2 is 2.22 bits per heavy atom. The van der Waals surface area contributed by atoms with Crippen molar-refractivity contribution >= 4 is 12.0 Å². The minimum absolute atomic E-state index is 0.0616. The lowest BCUT2D eigenvalue weighted by molar-refractivity contribution is 0.0944. The number of ether oxygens (including phenoxy) is 1. The third-order valence-corrected chi connectivity index (χ3v) is 2.71. The second-order valence-corrected chi connectivity index (χ2v) is 4.77. The second-order valence-electron chi connectivity index (χ2n) is 4.77. The molecule has 0 bridgehead atoms. The summed E-state index contributed by atoms with van der Waals surface area (Å²) in [5, 5.41) is 11.3. The fraction of sp³-hybridized carbons (Fsp3) is 0.357. The Hall–Kier alpha value is -1.81. The Bertz CT molecular complexity index is 492. The standard InChI is InChI=1S/C14H17NO3/c1-14(2)6-5-10-9-11(3-4-12(10)18-14)13(17)15-7-8-16/h3-6,9,16H,7-8H2,1-2H3,(H,15,17). The van der Waals surface area contributed by atoms with Gasteiger partial charge in [0.05, 0.1) is 6.61 Å². The summed E-state index contributed by atoms with van der Waals surface area (Å²) >= 11 is 0. The molecule has 0 radical (unpaired) electrons. The molecule has 0 fully saturated rings. The first-order valence-corrected chi connectivity index (χ1v) is 5.93. The van der Waals surface area contributed by atoms with Gasteiger partial charge in [-0.1, -0.05) is 6.08 Å². The molecule has 1 heterocycles. The van der Waals surface area contributed by atoms with Crippen molar-refractivity contribution in [3.63, 3.8) is 0 Å². The summed E-state index contributed by atoms with van der Waals surface area (Å²) in [5.41, 5.74) is 1.15. The molecule has 0 saturated carbocycles. The smallest absolute Gasteiger partial charge is 0.251 e. The van der Waals surface area contributed by atoms with E-state index in [4.69, 9.17) is 9.84 Å². The second kappa shape index (κ2) is 4.82. The predicted molar refractivity (Wildman–Crippen MR) is 69.6 cm³/mol. The Balaban J connectivity index is 2.21. The minimum Gasteiger partial charge on any atom is -0.483 e. The van der Waals surface area contributed by atoms with Crippen LogP contribution in [-0.4, -0.2) is 29.8 Å². The van der Waals surface area contributed by atoms with Crippen LogP contribution in [0.5, 0.6) is 5.75 Å². The molecule has 0 aliphatic carbocycles. The molecule has 1 aliphatic rings. The van der Waals surface area contributed by atoms with Gasteiger partial charge < -0.3 is 15.2 Å². The first-order chi connectivity index (χ1) is 8.52. The van der Waals surface area contributed by atoms with Gasteiger partial charge in [0.1, 0.15) is 11.4 Å². The van der Waals surface area contributed by atoms with Crippen LogP contribution in [0.4, 0.5) is 0 Å². The average molecular weight is 247 g/mol. The summed E-state index contributed by atoms with van der Waals surface area (Å²) in [6.07, 6.45) is 3.92. The van der Waals surface area contributed by atoms with Gasteiger partial charge in [0.15, 0.2) is 0 Å². The fourth-order valence-corrected chi connectivity index (χ4v) is 1.79. The predicted octanol–water partition coefficient (Wildman–Crippen LogP) is 1.59. The molecule has 96 valence electrons. The van der Waals surface area contributed by atoms with E-state index in [1.165, 1.54) is 0 Å². The number of nitrogens with one attached hydrogen (secondary N) is 1. The molecule has 4 nitrogen and oxygen atoms in total. The number of rotatable bonds is 3. The van der Waals surface area contributed by atoms with E-state index in [1.807, 2.05) is 26.0 Å². The Morgan fingerprint density at radius 3 is 2.94 bits per heavy atom. The molecular formula is C14H17NO3. The van der Waals surface area contributed by atoms with Gasteiger partial charge in [0.2, 0.25) is 0 Å². The topological polar surface area (TPSA) is 58.6 Å². The van der Waals surface area contributed by atoms with Crippen LogP contribution in [0.1, 0.15) is 29.8 Å². The van der Waals surface area contributed by atoms with Gasteiger partial charge in [0.25, 0.3) is 5.91 Å². The van der Waals surface area contributed by atoms with E-state index < -0.39 is 0 Å². The summed E-state index contributed by atoms with van der Waals surface area (Å²) in [4.78, 5) is 11.7. The van der Waals surface area contributed by atoms with Gasteiger partial charge in [-0.15, -0.1) is 0 Å². The van der Waals surface area contributed by atoms with E-state index >= 15 is 0 Å². The zero-order valence-electron chi connectivity index (χ0n) is 10.6. The monoisotopic (exact) mass is 247 g/mol. The number of benzene rings is 1. The molecule has 1 aliphatic heterocycles. The maximum atomic E-state index is 11.7. The number of amides is 1. The number of carbonyl (C=O) groups is 1. The van der Waals surface area contributed by atoms with Gasteiger partial charge in [0, 0.05) is 17.7 Å². The van der Waals surface area contributed by atoms with Gasteiger partial charge in [-0.25, -0.2) is 0 Å². The SMILES string of the molecule is CC1(C)C=Cc2cc(C(=O)NCCO)ccc2O1. The van der Waals surface area contributed by atoms with Crippen LogP contribution in [-0.2, 0) is 0 Å². The molecular weight excluding hydrogens is 230 g/mol. The van der Waals surface area contributed by atoms with E-state index in [0.717, 1.165) is 11.3 Å². The number of fused-ring (bicyclic) bond motifs is 1. The number of aliphatic hydroxyl groups excluding tert-OH is 1. The zero-order valence-corrected chi connectivity index (χ0v) is 10.6. The maximum absolute atomic E-state index is 11.7. The van der Waals surface area contributed by atoms with Crippen LogP contribution in [0, 0.1) is 0 Å². The summed E-state index contributed by atoms with van der Waals surface area (Å²) in [5.74, 6) is 0.589. The van der Waals surface area contributed by atoms with Crippen molar-refractivity contribution in [2.24, 2.45) is 0 Å². The van der Waals surface area contributed by atoms with E-state index in [-0.39, 0.29) is 24.7 Å². The summed E-state index contributed by atoms with van der Waals surface area (Å²) in [6, 6.07) is 5.31. The number of carbonyl (C=O) groups excluding carboxylic acids is 1. The highest BCUT2D eigenvalue weighted by atomic mass is 16.5. The molecule has 2 rings (SSSR count). The van der Waals surface area contributed by atoms with Crippen molar-refractivity contribution in [3.05, 3.63) is 35.4 Å². The molecule has 2 N–H and O–H groups in total. The lowest BCUT2D eigenvalue weighted by atomic mass is 10.0. The Morgan fingerprint density at radius 1 is 1.44 bits per heavy atom. The van der Waals surface area contributed by atoms with E-state index in [0.29, 0.717) is 5.56 Å². The lowest BCUT2D eigenvalue weighted by Gasteiger charge is -2.27. The molecule has 0 atom stereocenters. The van der Waals surface area contributed by atoms with E-state index in [2.05, 4.69) is 5.32 Å². The highest BCUT2D eigenvalue weighted by Gasteiger charge is 2.22. The molecule has 0 aromatic heterocycles. The molecule has 0 saturated heterocycles. The van der Waals surface area contributed by atoms with Crippen molar-refractivity contribution in [3.8, 4) is 5.75 Å². The number of hydrogen-bond acceptors (Lipinski definition) is 3. The third-order valence-electron chi connectivity index (χ3n) is 2.71. The summed E-state index contributed by atoms with van der Waals surface area (Å²) < 4.78 is 5.78. The molecule has 1 aromatic carbocycles. The van der Waals surface area contributed by atoms with E-state index in [1.54, 1.807) is 18.2 Å². The van der Waals surface area contributed by atoms with Crippen molar-refractivity contribution in [1.82, 2.24) is 5.32 Å². The summed E-state index contributed by atoms with van der Waals surface area (Å²) in [6.45, 7) is 4.16. The van der Waals surface area contributed by atoms with Crippen molar-refractivity contribution in [1.29, 1.82) is 0 Å². The summed E-state index contributed by atoms with van der Waals surface area (Å²) in [7, 11) is 0. The minimum atomic E-state index is -0.312. The first-order valence-electron chi connectivity index (χ1n) is 5.93. The average Bonchev–Trinajstić information content (AvgIpc) is 2.34. The molecule has 1 aromatic rings. The van der Waals surface area contributed by atoms with Gasteiger partial charge >= 0.3 is 0 Å².